The van der Waals surface area contributed by atoms with Gasteiger partial charge in [0.05, 0.1) is 27.6 Å². The number of fused-ring (bicyclic) bond motifs is 2. The molecule has 0 fully saturated rings. The summed E-state index contributed by atoms with van der Waals surface area (Å²) in [6, 6.07) is 21.0. The summed E-state index contributed by atoms with van der Waals surface area (Å²) in [7, 11) is 2.15. The smallest absolute Gasteiger partial charge is 0.261 e. The molecule has 0 saturated heterocycles. The highest BCUT2D eigenvalue weighted by Gasteiger charge is 2.18. The van der Waals surface area contributed by atoms with Crippen LogP contribution in [-0.4, -0.2) is 33.4 Å². The molecule has 37 heavy (non-hydrogen) atoms. The Morgan fingerprint density at radius 3 is 2.49 bits per heavy atom. The van der Waals surface area contributed by atoms with Crippen LogP contribution < -0.4 is 11.3 Å². The summed E-state index contributed by atoms with van der Waals surface area (Å²) in [5.41, 5.74) is 10.5. The van der Waals surface area contributed by atoms with E-state index in [2.05, 4.69) is 63.3 Å². The highest BCUT2D eigenvalue weighted by Crippen LogP contribution is 2.30. The van der Waals surface area contributed by atoms with E-state index in [9.17, 15) is 9.18 Å². The molecule has 0 aliphatic carbocycles. The maximum absolute atomic E-state index is 14.4. The Morgan fingerprint density at radius 1 is 0.919 bits per heavy atom. The highest BCUT2D eigenvalue weighted by atomic mass is 19.1. The van der Waals surface area contributed by atoms with Crippen molar-refractivity contribution in [2.75, 3.05) is 19.3 Å². The Balaban J connectivity index is 0.00000156. The molecule has 5 rings (SSSR count). The second-order valence-electron chi connectivity index (χ2n) is 9.02. The van der Waals surface area contributed by atoms with Gasteiger partial charge >= 0.3 is 0 Å². The number of pyridine rings is 1. The van der Waals surface area contributed by atoms with Crippen LogP contribution in [0, 0.1) is 5.82 Å². The molecule has 0 atom stereocenters. The van der Waals surface area contributed by atoms with Crippen LogP contribution in [0.1, 0.15) is 37.8 Å². The number of nitrogens with one attached hydrogen (secondary N) is 2. The van der Waals surface area contributed by atoms with Crippen molar-refractivity contribution in [3.8, 4) is 11.4 Å². The second-order valence-corrected chi connectivity index (χ2v) is 9.02. The number of nitrogens with zero attached hydrogens (tertiary/aromatic N) is 2. The van der Waals surface area contributed by atoms with E-state index in [0.29, 0.717) is 11.3 Å². The number of halogens is 1. The van der Waals surface area contributed by atoms with E-state index in [1.54, 1.807) is 6.07 Å². The number of benzene rings is 3. The third kappa shape index (κ3) is 5.89. The molecule has 0 aliphatic heterocycles. The SMILES string of the molecule is CC.CN(CCCCc1ccc2nc(-c3c(N)c4c(F)cccc4[nH]c3=O)[nH]c2c1)Cc1ccccc1. The number of aryl methyl sites for hydroxylation is 1. The number of H-pyrrole nitrogens is 2. The average molecular weight is 500 g/mol. The van der Waals surface area contributed by atoms with Crippen LogP contribution >= 0.6 is 0 Å². The average Bonchev–Trinajstić information content (AvgIpc) is 3.31. The molecule has 7 heteroatoms. The Bertz CT molecular complexity index is 1540. The maximum atomic E-state index is 14.4. The van der Waals surface area contributed by atoms with Crippen molar-refractivity contribution < 1.29 is 4.39 Å². The normalized spacial score (nSPS) is 11.2. The van der Waals surface area contributed by atoms with Gasteiger partial charge < -0.3 is 20.6 Å². The van der Waals surface area contributed by atoms with Crippen molar-refractivity contribution in [1.29, 1.82) is 0 Å². The zero-order chi connectivity index (χ0) is 26.4. The Labute approximate surface area is 216 Å². The minimum Gasteiger partial charge on any atom is -0.397 e. The third-order valence-electron chi connectivity index (χ3n) is 6.36. The fourth-order valence-corrected chi connectivity index (χ4v) is 4.58. The number of aromatic nitrogens is 3. The van der Waals surface area contributed by atoms with E-state index in [-0.39, 0.29) is 16.6 Å². The molecule has 5 aromatic rings. The van der Waals surface area contributed by atoms with Crippen molar-refractivity contribution >= 4 is 27.6 Å². The van der Waals surface area contributed by atoms with Gasteiger partial charge in [-0.25, -0.2) is 9.37 Å². The van der Waals surface area contributed by atoms with E-state index in [1.807, 2.05) is 26.0 Å². The number of nitrogens with two attached hydrogens (primary N) is 1. The maximum Gasteiger partial charge on any atom is 0.261 e. The van der Waals surface area contributed by atoms with E-state index in [0.717, 1.165) is 43.4 Å². The zero-order valence-corrected chi connectivity index (χ0v) is 21.6. The summed E-state index contributed by atoms with van der Waals surface area (Å²) in [5.74, 6) is -0.145. The molecular weight excluding hydrogens is 465 g/mol. The van der Waals surface area contributed by atoms with Gasteiger partial charge in [0.15, 0.2) is 0 Å². The lowest BCUT2D eigenvalue weighted by Crippen LogP contribution is -2.19. The summed E-state index contributed by atoms with van der Waals surface area (Å²) >= 11 is 0. The van der Waals surface area contributed by atoms with Crippen LogP contribution in [0.25, 0.3) is 33.3 Å². The lowest BCUT2D eigenvalue weighted by Gasteiger charge is -2.16. The zero-order valence-electron chi connectivity index (χ0n) is 21.6. The standard InChI is InChI=1S/C28H28FN5O.C2H6/c1-34(17-19-9-3-2-4-10-19)15-6-5-8-18-13-14-21-23(16-18)32-27(31-21)25-26(30)24-20(29)11-7-12-22(24)33-28(25)35;1-2/h2-4,7,9-14,16H,5-6,8,15,17H2,1H3,(H,31,32)(H3,30,33,35);1-2H3. The van der Waals surface area contributed by atoms with Crippen molar-refractivity contribution in [2.45, 2.75) is 39.7 Å². The number of hydrogen-bond donors (Lipinski definition) is 3. The van der Waals surface area contributed by atoms with Crippen LogP contribution in [0.4, 0.5) is 10.1 Å². The molecule has 192 valence electrons. The first-order valence-electron chi connectivity index (χ1n) is 12.8. The molecule has 3 aromatic carbocycles. The van der Waals surface area contributed by atoms with Crippen LogP contribution in [0.5, 0.6) is 0 Å². The van der Waals surface area contributed by atoms with E-state index >= 15 is 0 Å². The number of unbranched alkanes of at least 4 members (excludes halogenated alkanes) is 1. The molecule has 0 saturated carbocycles. The molecular formula is C30H34FN5O. The Kier molecular flexibility index (Phi) is 8.36. The third-order valence-corrected chi connectivity index (χ3v) is 6.36. The summed E-state index contributed by atoms with van der Waals surface area (Å²) in [5, 5.41) is 0.195. The van der Waals surface area contributed by atoms with Crippen LogP contribution in [0.15, 0.2) is 71.5 Å². The van der Waals surface area contributed by atoms with Crippen LogP contribution in [0.2, 0.25) is 0 Å². The first-order chi connectivity index (χ1) is 18.0. The van der Waals surface area contributed by atoms with Gasteiger partial charge in [-0.1, -0.05) is 56.3 Å². The molecule has 0 spiro atoms. The topological polar surface area (TPSA) is 90.8 Å². The number of hydrogen-bond acceptors (Lipinski definition) is 4. The predicted molar refractivity (Wildman–Crippen MR) is 151 cm³/mol. The largest absolute Gasteiger partial charge is 0.397 e. The van der Waals surface area contributed by atoms with E-state index in [4.69, 9.17) is 5.73 Å². The fraction of sp³-hybridized carbons (Fsp3) is 0.267. The summed E-state index contributed by atoms with van der Waals surface area (Å²) in [4.78, 5) is 25.6. The fourth-order valence-electron chi connectivity index (χ4n) is 4.58. The first-order valence-corrected chi connectivity index (χ1v) is 12.8. The van der Waals surface area contributed by atoms with Gasteiger partial charge in [-0.15, -0.1) is 0 Å². The van der Waals surface area contributed by atoms with Gasteiger partial charge in [0.25, 0.3) is 5.56 Å². The van der Waals surface area contributed by atoms with Gasteiger partial charge in [-0.2, -0.15) is 0 Å². The van der Waals surface area contributed by atoms with Crippen LogP contribution in [0.3, 0.4) is 0 Å². The summed E-state index contributed by atoms with van der Waals surface area (Å²) in [6.07, 6.45) is 3.12. The minimum atomic E-state index is -0.481. The Morgan fingerprint density at radius 2 is 1.70 bits per heavy atom. The predicted octanol–water partition coefficient (Wildman–Crippen LogP) is 6.27. The molecule has 0 amide bonds. The van der Waals surface area contributed by atoms with Crippen LogP contribution in [-0.2, 0) is 13.0 Å². The molecule has 0 bridgehead atoms. The van der Waals surface area contributed by atoms with Gasteiger partial charge in [0.1, 0.15) is 17.2 Å². The number of nitrogen functional groups attached to an aromatic ring is 1. The number of rotatable bonds is 8. The molecule has 2 heterocycles. The lowest BCUT2D eigenvalue weighted by atomic mass is 10.1. The molecule has 0 aliphatic rings. The Hall–Kier alpha value is -3.97. The molecule has 4 N–H and O–H groups in total. The monoisotopic (exact) mass is 499 g/mol. The lowest BCUT2D eigenvalue weighted by molar-refractivity contribution is 0.319. The summed E-state index contributed by atoms with van der Waals surface area (Å²) < 4.78 is 14.4. The van der Waals surface area contributed by atoms with Gasteiger partial charge in [0, 0.05) is 6.54 Å². The van der Waals surface area contributed by atoms with Gasteiger partial charge in [-0.3, -0.25) is 4.79 Å². The van der Waals surface area contributed by atoms with Crippen molar-refractivity contribution in [2.24, 2.45) is 0 Å². The minimum absolute atomic E-state index is 0.0840. The number of aromatic amines is 2. The van der Waals surface area contributed by atoms with Crippen molar-refractivity contribution in [3.05, 3.63) is 94.0 Å². The van der Waals surface area contributed by atoms with Gasteiger partial charge in [-0.05, 0) is 68.2 Å². The quantitative estimate of drug-likeness (QED) is 0.219. The molecule has 2 aromatic heterocycles. The number of anilines is 1. The summed E-state index contributed by atoms with van der Waals surface area (Å²) in [6.45, 7) is 5.98. The molecule has 6 nitrogen and oxygen atoms in total. The van der Waals surface area contributed by atoms with E-state index in [1.165, 1.54) is 23.3 Å². The second kappa shape index (κ2) is 11.8. The van der Waals surface area contributed by atoms with Crippen molar-refractivity contribution in [3.63, 3.8) is 0 Å². The van der Waals surface area contributed by atoms with E-state index < -0.39 is 11.4 Å². The van der Waals surface area contributed by atoms with Crippen molar-refractivity contribution in [1.82, 2.24) is 19.9 Å². The molecule has 0 unspecified atom stereocenters. The van der Waals surface area contributed by atoms with Gasteiger partial charge in [0.2, 0.25) is 0 Å². The highest BCUT2D eigenvalue weighted by molar-refractivity contribution is 5.98. The number of imidazole rings is 1. The first kappa shape index (κ1) is 26.1. The molecule has 0 radical (unpaired) electrons.